The summed E-state index contributed by atoms with van der Waals surface area (Å²) in [6.07, 6.45) is 0. The first kappa shape index (κ1) is 17.8. The number of anilines is 2. The topological polar surface area (TPSA) is 110 Å². The van der Waals surface area contributed by atoms with E-state index in [1.807, 2.05) is 0 Å². The molecule has 1 heterocycles. The van der Waals surface area contributed by atoms with Gasteiger partial charge in [-0.1, -0.05) is 41.7 Å². The van der Waals surface area contributed by atoms with Crippen molar-refractivity contribution in [2.75, 3.05) is 17.1 Å². The van der Waals surface area contributed by atoms with Crippen molar-refractivity contribution < 1.29 is 17.9 Å². The van der Waals surface area contributed by atoms with Crippen LogP contribution in [0.25, 0.3) is 0 Å². The van der Waals surface area contributed by atoms with Crippen molar-refractivity contribution in [3.8, 4) is 5.75 Å². The van der Waals surface area contributed by atoms with Gasteiger partial charge >= 0.3 is 0 Å². The van der Waals surface area contributed by atoms with Gasteiger partial charge in [-0.2, -0.15) is 8.42 Å². The van der Waals surface area contributed by atoms with Crippen LogP contribution < -0.4 is 14.8 Å². The molecule has 0 saturated heterocycles. The third-order valence-corrected chi connectivity index (χ3v) is 5.82. The highest BCUT2D eigenvalue weighted by Crippen LogP contribution is 2.28. The highest BCUT2D eigenvalue weighted by Gasteiger charge is 2.22. The van der Waals surface area contributed by atoms with Gasteiger partial charge < -0.3 is 4.74 Å². The summed E-state index contributed by atoms with van der Waals surface area (Å²) >= 11 is 0.750. The highest BCUT2D eigenvalue weighted by atomic mass is 32.2. The molecule has 0 aliphatic heterocycles. The molecule has 1 aromatic heterocycles. The lowest BCUT2D eigenvalue weighted by Crippen LogP contribution is -2.13. The largest absolute Gasteiger partial charge is 0.495 e. The number of methoxy groups -OCH3 is 1. The van der Waals surface area contributed by atoms with Crippen LogP contribution in [0.4, 0.5) is 10.8 Å². The highest BCUT2D eigenvalue weighted by molar-refractivity contribution is 7.94. The number of para-hydroxylation sites is 2. The molecule has 134 valence electrons. The second kappa shape index (κ2) is 7.50. The summed E-state index contributed by atoms with van der Waals surface area (Å²) in [7, 11) is -2.52. The van der Waals surface area contributed by atoms with Crippen molar-refractivity contribution in [3.05, 3.63) is 60.2 Å². The molecule has 0 unspecified atom stereocenters. The van der Waals surface area contributed by atoms with E-state index in [1.54, 1.807) is 54.6 Å². The Bertz CT molecular complexity index is 1020. The molecule has 0 aliphatic carbocycles. The average molecular weight is 390 g/mol. The van der Waals surface area contributed by atoms with E-state index in [2.05, 4.69) is 20.2 Å². The minimum Gasteiger partial charge on any atom is -0.495 e. The van der Waals surface area contributed by atoms with Gasteiger partial charge in [0, 0.05) is 5.56 Å². The van der Waals surface area contributed by atoms with Crippen molar-refractivity contribution in [1.82, 2.24) is 10.2 Å². The van der Waals surface area contributed by atoms with Crippen LogP contribution in [-0.4, -0.2) is 31.6 Å². The van der Waals surface area contributed by atoms with Crippen molar-refractivity contribution in [1.29, 1.82) is 0 Å². The number of carbonyl (C=O) groups excluding carboxylic acids is 1. The summed E-state index contributed by atoms with van der Waals surface area (Å²) < 4.78 is 32.2. The Morgan fingerprint density at radius 1 is 1.04 bits per heavy atom. The SMILES string of the molecule is COc1ccccc1NS(=O)(=O)c1nnc(NC(=O)c2ccccc2)s1. The Morgan fingerprint density at radius 3 is 2.46 bits per heavy atom. The number of benzene rings is 2. The number of amides is 1. The molecule has 0 radical (unpaired) electrons. The summed E-state index contributed by atoms with van der Waals surface area (Å²) in [5.41, 5.74) is 0.708. The molecule has 0 spiro atoms. The molecule has 10 heteroatoms. The van der Waals surface area contributed by atoms with Gasteiger partial charge in [-0.15, -0.1) is 10.2 Å². The predicted octanol–water partition coefficient (Wildman–Crippen LogP) is 2.60. The Labute approximate surface area is 153 Å². The van der Waals surface area contributed by atoms with Crippen LogP contribution in [-0.2, 0) is 10.0 Å². The number of sulfonamides is 1. The predicted molar refractivity (Wildman–Crippen MR) is 98.1 cm³/mol. The van der Waals surface area contributed by atoms with Crippen molar-refractivity contribution in [2.45, 2.75) is 4.34 Å². The molecule has 1 amide bonds. The second-order valence-electron chi connectivity index (χ2n) is 5.00. The first-order chi connectivity index (χ1) is 12.5. The van der Waals surface area contributed by atoms with Crippen LogP contribution in [0, 0.1) is 0 Å². The van der Waals surface area contributed by atoms with E-state index in [4.69, 9.17) is 4.74 Å². The van der Waals surface area contributed by atoms with Gasteiger partial charge in [-0.3, -0.25) is 14.8 Å². The third-order valence-electron chi connectivity index (χ3n) is 3.24. The molecule has 0 atom stereocenters. The van der Waals surface area contributed by atoms with E-state index >= 15 is 0 Å². The van der Waals surface area contributed by atoms with Crippen LogP contribution in [0.1, 0.15) is 10.4 Å². The van der Waals surface area contributed by atoms with Gasteiger partial charge in [0.1, 0.15) is 5.75 Å². The Balaban J connectivity index is 1.77. The lowest BCUT2D eigenvalue weighted by molar-refractivity contribution is 0.102. The fourth-order valence-corrected chi connectivity index (χ4v) is 4.01. The number of ether oxygens (including phenoxy) is 1. The number of nitrogens with zero attached hydrogens (tertiary/aromatic N) is 2. The first-order valence-corrected chi connectivity index (χ1v) is 9.65. The lowest BCUT2D eigenvalue weighted by Gasteiger charge is -2.09. The third kappa shape index (κ3) is 3.98. The number of nitrogens with one attached hydrogen (secondary N) is 2. The lowest BCUT2D eigenvalue weighted by atomic mass is 10.2. The fourth-order valence-electron chi connectivity index (χ4n) is 2.05. The van der Waals surface area contributed by atoms with E-state index in [-0.39, 0.29) is 15.2 Å². The van der Waals surface area contributed by atoms with Crippen LogP contribution in [0.5, 0.6) is 5.75 Å². The molecule has 0 saturated carbocycles. The molecule has 0 fully saturated rings. The quantitative estimate of drug-likeness (QED) is 0.626. The van der Waals surface area contributed by atoms with Gasteiger partial charge in [0.05, 0.1) is 12.8 Å². The summed E-state index contributed by atoms with van der Waals surface area (Å²) in [6.45, 7) is 0. The van der Waals surface area contributed by atoms with E-state index < -0.39 is 15.9 Å². The molecule has 0 bridgehead atoms. The van der Waals surface area contributed by atoms with Gasteiger partial charge in [0.25, 0.3) is 20.3 Å². The fraction of sp³-hybridized carbons (Fsp3) is 0.0625. The van der Waals surface area contributed by atoms with Crippen LogP contribution in [0.2, 0.25) is 0 Å². The molecule has 8 nitrogen and oxygen atoms in total. The van der Waals surface area contributed by atoms with E-state index in [0.29, 0.717) is 11.3 Å². The molecular formula is C16H14N4O4S2. The number of carbonyl (C=O) groups is 1. The van der Waals surface area contributed by atoms with Crippen LogP contribution in [0.3, 0.4) is 0 Å². The zero-order chi connectivity index (χ0) is 18.6. The van der Waals surface area contributed by atoms with Crippen molar-refractivity contribution in [2.24, 2.45) is 0 Å². The standard InChI is InChI=1S/C16H14N4O4S2/c1-24-13-10-6-5-9-12(13)20-26(22,23)16-19-18-15(25-16)17-14(21)11-7-3-2-4-8-11/h2-10,20H,1H3,(H,17,18,21). The zero-order valence-electron chi connectivity index (χ0n) is 13.5. The molecule has 3 aromatic rings. The maximum absolute atomic E-state index is 12.5. The summed E-state index contributed by atoms with van der Waals surface area (Å²) in [4.78, 5) is 12.1. The maximum Gasteiger partial charge on any atom is 0.291 e. The smallest absolute Gasteiger partial charge is 0.291 e. The molecular weight excluding hydrogens is 376 g/mol. The molecule has 3 rings (SSSR count). The summed E-state index contributed by atoms with van der Waals surface area (Å²) in [6, 6.07) is 15.1. The van der Waals surface area contributed by atoms with Gasteiger partial charge in [-0.05, 0) is 24.3 Å². The van der Waals surface area contributed by atoms with Crippen LogP contribution in [0.15, 0.2) is 58.9 Å². The normalized spacial score (nSPS) is 11.0. The monoisotopic (exact) mass is 390 g/mol. The number of hydrogen-bond acceptors (Lipinski definition) is 7. The minimum atomic E-state index is -3.96. The number of hydrogen-bond donors (Lipinski definition) is 2. The second-order valence-corrected chi connectivity index (χ2v) is 7.83. The maximum atomic E-state index is 12.5. The Morgan fingerprint density at radius 2 is 1.73 bits per heavy atom. The minimum absolute atomic E-state index is 0.0826. The number of aromatic nitrogens is 2. The molecule has 26 heavy (non-hydrogen) atoms. The van der Waals surface area contributed by atoms with E-state index in [1.165, 1.54) is 7.11 Å². The van der Waals surface area contributed by atoms with Crippen LogP contribution >= 0.6 is 11.3 Å². The zero-order valence-corrected chi connectivity index (χ0v) is 15.2. The first-order valence-electron chi connectivity index (χ1n) is 7.35. The van der Waals surface area contributed by atoms with Gasteiger partial charge in [0.15, 0.2) is 0 Å². The van der Waals surface area contributed by atoms with Crippen molar-refractivity contribution >= 4 is 38.1 Å². The Hall–Kier alpha value is -2.98. The Kier molecular flexibility index (Phi) is 5.14. The summed E-state index contributed by atoms with van der Waals surface area (Å²) in [5, 5.41) is 9.98. The van der Waals surface area contributed by atoms with Crippen molar-refractivity contribution in [3.63, 3.8) is 0 Å². The molecule has 2 aromatic carbocycles. The van der Waals surface area contributed by atoms with Gasteiger partial charge in [-0.25, -0.2) is 0 Å². The average Bonchev–Trinajstić information content (AvgIpc) is 3.12. The van der Waals surface area contributed by atoms with E-state index in [0.717, 1.165) is 11.3 Å². The molecule has 2 N–H and O–H groups in total. The summed E-state index contributed by atoms with van der Waals surface area (Å²) in [5.74, 6) is -0.0263. The van der Waals surface area contributed by atoms with E-state index in [9.17, 15) is 13.2 Å². The van der Waals surface area contributed by atoms with Gasteiger partial charge in [0.2, 0.25) is 5.13 Å². The number of rotatable bonds is 6. The molecule has 0 aliphatic rings.